The van der Waals surface area contributed by atoms with Crippen LogP contribution in [0.15, 0.2) is 0 Å². The molecule has 2 N–H and O–H groups in total. The number of nitrogens with one attached hydrogen (secondary N) is 1. The SMILES string of the molecule is CC(CCCCN1CCNCC1)C(=O)O. The summed E-state index contributed by atoms with van der Waals surface area (Å²) in [6.45, 7) is 7.35. The molecule has 0 aromatic carbocycles. The van der Waals surface area contributed by atoms with E-state index in [4.69, 9.17) is 5.11 Å². The van der Waals surface area contributed by atoms with Gasteiger partial charge in [-0.2, -0.15) is 0 Å². The van der Waals surface area contributed by atoms with E-state index in [1.807, 2.05) is 0 Å². The van der Waals surface area contributed by atoms with Gasteiger partial charge in [0, 0.05) is 26.2 Å². The van der Waals surface area contributed by atoms with Gasteiger partial charge in [-0.05, 0) is 19.4 Å². The maximum Gasteiger partial charge on any atom is 0.306 e. The number of piperazine rings is 1. The minimum atomic E-state index is -0.669. The smallest absolute Gasteiger partial charge is 0.306 e. The summed E-state index contributed by atoms with van der Waals surface area (Å²) in [5.41, 5.74) is 0. The lowest BCUT2D eigenvalue weighted by Gasteiger charge is -2.27. The molecule has 0 amide bonds. The molecule has 1 heterocycles. The summed E-state index contributed by atoms with van der Waals surface area (Å²) in [4.78, 5) is 13.0. The molecule has 0 aliphatic carbocycles. The van der Waals surface area contributed by atoms with Gasteiger partial charge in [0.2, 0.25) is 0 Å². The molecule has 1 fully saturated rings. The number of carboxylic acids is 1. The third-order valence-corrected chi connectivity index (χ3v) is 2.99. The Hall–Kier alpha value is -0.610. The first kappa shape index (κ1) is 12.5. The molecule has 1 rings (SSSR count). The van der Waals surface area contributed by atoms with Crippen LogP contribution in [0.5, 0.6) is 0 Å². The Morgan fingerprint density at radius 3 is 2.67 bits per heavy atom. The summed E-state index contributed by atoms with van der Waals surface area (Å²) in [5.74, 6) is -0.856. The van der Waals surface area contributed by atoms with Crippen LogP contribution in [0, 0.1) is 5.92 Å². The van der Waals surface area contributed by atoms with Gasteiger partial charge in [-0.1, -0.05) is 13.3 Å². The van der Waals surface area contributed by atoms with E-state index in [1.54, 1.807) is 6.92 Å². The molecule has 1 saturated heterocycles. The van der Waals surface area contributed by atoms with E-state index in [0.717, 1.165) is 52.0 Å². The van der Waals surface area contributed by atoms with Gasteiger partial charge < -0.3 is 15.3 Å². The van der Waals surface area contributed by atoms with E-state index < -0.39 is 5.97 Å². The van der Waals surface area contributed by atoms with Crippen LogP contribution in [0.1, 0.15) is 26.2 Å². The average molecular weight is 214 g/mol. The van der Waals surface area contributed by atoms with Gasteiger partial charge >= 0.3 is 5.97 Å². The van der Waals surface area contributed by atoms with E-state index >= 15 is 0 Å². The van der Waals surface area contributed by atoms with E-state index in [0.29, 0.717) is 0 Å². The molecule has 0 spiro atoms. The van der Waals surface area contributed by atoms with Crippen molar-refractivity contribution < 1.29 is 9.90 Å². The number of rotatable bonds is 6. The van der Waals surface area contributed by atoms with Crippen molar-refractivity contribution in [2.45, 2.75) is 26.2 Å². The van der Waals surface area contributed by atoms with Crippen molar-refractivity contribution in [1.82, 2.24) is 10.2 Å². The van der Waals surface area contributed by atoms with Gasteiger partial charge in [0.25, 0.3) is 0 Å². The monoisotopic (exact) mass is 214 g/mol. The summed E-state index contributed by atoms with van der Waals surface area (Å²) in [6, 6.07) is 0. The normalized spacial score (nSPS) is 20.1. The topological polar surface area (TPSA) is 52.6 Å². The van der Waals surface area contributed by atoms with Crippen LogP contribution < -0.4 is 5.32 Å². The molecule has 0 radical (unpaired) electrons. The van der Waals surface area contributed by atoms with Crippen LogP contribution in [0.3, 0.4) is 0 Å². The second-order valence-electron chi connectivity index (χ2n) is 4.33. The predicted molar refractivity (Wildman–Crippen MR) is 60.0 cm³/mol. The Labute approximate surface area is 91.6 Å². The number of hydrogen-bond donors (Lipinski definition) is 2. The number of unbranched alkanes of at least 4 members (excludes halogenated alkanes) is 1. The van der Waals surface area contributed by atoms with Crippen molar-refractivity contribution >= 4 is 5.97 Å². The van der Waals surface area contributed by atoms with Crippen molar-refractivity contribution in [3.63, 3.8) is 0 Å². The van der Waals surface area contributed by atoms with Crippen LogP contribution in [-0.2, 0) is 4.79 Å². The highest BCUT2D eigenvalue weighted by Crippen LogP contribution is 2.08. The van der Waals surface area contributed by atoms with Crippen LogP contribution in [0.2, 0.25) is 0 Å². The summed E-state index contributed by atoms with van der Waals surface area (Å²) in [6.07, 6.45) is 2.95. The van der Waals surface area contributed by atoms with Crippen molar-refractivity contribution in [3.8, 4) is 0 Å². The lowest BCUT2D eigenvalue weighted by atomic mass is 10.0. The molecule has 1 unspecified atom stereocenters. The number of carboxylic acid groups (broad SMARTS) is 1. The predicted octanol–water partition coefficient (Wildman–Crippen LogP) is 0.783. The van der Waals surface area contributed by atoms with Gasteiger partial charge in [-0.25, -0.2) is 0 Å². The van der Waals surface area contributed by atoms with Crippen molar-refractivity contribution in [1.29, 1.82) is 0 Å². The molecule has 1 aliphatic rings. The number of nitrogens with zero attached hydrogens (tertiary/aromatic N) is 1. The summed E-state index contributed by atoms with van der Waals surface area (Å²) in [5, 5.41) is 12.0. The standard InChI is InChI=1S/C11H22N2O2/c1-10(11(14)15)4-2-3-7-13-8-5-12-6-9-13/h10,12H,2-9H2,1H3,(H,14,15). The summed E-state index contributed by atoms with van der Waals surface area (Å²) < 4.78 is 0. The van der Waals surface area contributed by atoms with E-state index in [9.17, 15) is 4.79 Å². The molecule has 15 heavy (non-hydrogen) atoms. The zero-order valence-corrected chi connectivity index (χ0v) is 9.54. The minimum Gasteiger partial charge on any atom is -0.481 e. The number of carbonyl (C=O) groups is 1. The summed E-state index contributed by atoms with van der Waals surface area (Å²) >= 11 is 0. The van der Waals surface area contributed by atoms with Crippen LogP contribution >= 0.6 is 0 Å². The maximum absolute atomic E-state index is 10.6. The van der Waals surface area contributed by atoms with Gasteiger partial charge in [-0.15, -0.1) is 0 Å². The largest absolute Gasteiger partial charge is 0.481 e. The molecule has 4 heteroatoms. The lowest BCUT2D eigenvalue weighted by molar-refractivity contribution is -0.141. The van der Waals surface area contributed by atoms with Gasteiger partial charge in [0.05, 0.1) is 5.92 Å². The van der Waals surface area contributed by atoms with Crippen molar-refractivity contribution in [2.75, 3.05) is 32.7 Å². The first-order chi connectivity index (χ1) is 7.20. The molecule has 0 saturated carbocycles. The van der Waals surface area contributed by atoms with E-state index in [1.165, 1.54) is 0 Å². The summed E-state index contributed by atoms with van der Waals surface area (Å²) in [7, 11) is 0. The first-order valence-electron chi connectivity index (χ1n) is 5.86. The highest BCUT2D eigenvalue weighted by Gasteiger charge is 2.11. The second kappa shape index (κ2) is 6.80. The third-order valence-electron chi connectivity index (χ3n) is 2.99. The Morgan fingerprint density at radius 1 is 1.40 bits per heavy atom. The molecule has 0 aromatic rings. The van der Waals surface area contributed by atoms with Gasteiger partial charge in [-0.3, -0.25) is 4.79 Å². The van der Waals surface area contributed by atoms with Crippen LogP contribution in [0.25, 0.3) is 0 Å². The fourth-order valence-electron chi connectivity index (χ4n) is 1.84. The van der Waals surface area contributed by atoms with E-state index in [-0.39, 0.29) is 5.92 Å². The molecular weight excluding hydrogens is 192 g/mol. The van der Waals surface area contributed by atoms with Crippen molar-refractivity contribution in [2.24, 2.45) is 5.92 Å². The molecule has 1 aliphatic heterocycles. The fourth-order valence-corrected chi connectivity index (χ4v) is 1.84. The first-order valence-corrected chi connectivity index (χ1v) is 5.86. The third kappa shape index (κ3) is 5.14. The molecule has 4 nitrogen and oxygen atoms in total. The van der Waals surface area contributed by atoms with Crippen LogP contribution in [0.4, 0.5) is 0 Å². The van der Waals surface area contributed by atoms with Gasteiger partial charge in [0.1, 0.15) is 0 Å². The Balaban J connectivity index is 1.98. The quantitative estimate of drug-likeness (QED) is 0.642. The Kier molecular flexibility index (Phi) is 5.65. The van der Waals surface area contributed by atoms with Crippen molar-refractivity contribution in [3.05, 3.63) is 0 Å². The molecule has 1 atom stereocenters. The Morgan fingerprint density at radius 2 is 2.07 bits per heavy atom. The second-order valence-corrected chi connectivity index (χ2v) is 4.33. The number of aliphatic carboxylic acids is 1. The lowest BCUT2D eigenvalue weighted by Crippen LogP contribution is -2.43. The highest BCUT2D eigenvalue weighted by molar-refractivity contribution is 5.69. The average Bonchev–Trinajstić information content (AvgIpc) is 2.25. The molecule has 0 aromatic heterocycles. The zero-order valence-electron chi connectivity index (χ0n) is 9.54. The fraction of sp³-hybridized carbons (Fsp3) is 0.909. The Bertz CT molecular complexity index is 191. The maximum atomic E-state index is 10.6. The molecule has 0 bridgehead atoms. The van der Waals surface area contributed by atoms with Crippen LogP contribution in [-0.4, -0.2) is 48.7 Å². The highest BCUT2D eigenvalue weighted by atomic mass is 16.4. The molecular formula is C11H22N2O2. The molecule has 88 valence electrons. The van der Waals surface area contributed by atoms with Gasteiger partial charge in [0.15, 0.2) is 0 Å². The van der Waals surface area contributed by atoms with E-state index in [2.05, 4.69) is 10.2 Å². The zero-order chi connectivity index (χ0) is 11.1. The number of hydrogen-bond acceptors (Lipinski definition) is 3. The minimum absolute atomic E-state index is 0.187.